The predicted octanol–water partition coefficient (Wildman–Crippen LogP) is 2.30. The fraction of sp³-hybridized carbons (Fsp3) is 0.421. The van der Waals surface area contributed by atoms with E-state index in [-0.39, 0.29) is 6.54 Å². The molecule has 0 unspecified atom stereocenters. The molecule has 3 aromatic rings. The SMILES string of the molecule is Cc1nc2ccccn2c1CN1CCC[C@@H](c2ccnn2CC(=O)O)C1. The first-order chi connectivity index (χ1) is 12.6. The number of aliphatic carboxylic acids is 1. The number of hydrogen-bond acceptors (Lipinski definition) is 4. The third-order valence-corrected chi connectivity index (χ3v) is 5.16. The molecule has 26 heavy (non-hydrogen) atoms. The second-order valence-corrected chi connectivity index (χ2v) is 6.95. The van der Waals surface area contributed by atoms with Crippen molar-refractivity contribution >= 4 is 11.6 Å². The fourth-order valence-corrected chi connectivity index (χ4v) is 3.96. The van der Waals surface area contributed by atoms with Gasteiger partial charge in [-0.15, -0.1) is 0 Å². The van der Waals surface area contributed by atoms with Crippen molar-refractivity contribution in [2.45, 2.75) is 38.8 Å². The Morgan fingerprint density at radius 3 is 3.08 bits per heavy atom. The molecule has 1 N–H and O–H groups in total. The summed E-state index contributed by atoms with van der Waals surface area (Å²) in [5.41, 5.74) is 4.29. The molecule has 0 saturated carbocycles. The van der Waals surface area contributed by atoms with E-state index in [0.29, 0.717) is 5.92 Å². The maximum absolute atomic E-state index is 11.1. The summed E-state index contributed by atoms with van der Waals surface area (Å²) in [5.74, 6) is -0.547. The molecule has 1 fully saturated rings. The smallest absolute Gasteiger partial charge is 0.325 e. The minimum atomic E-state index is -0.857. The van der Waals surface area contributed by atoms with Crippen LogP contribution in [0.15, 0.2) is 36.7 Å². The van der Waals surface area contributed by atoms with Gasteiger partial charge in [0.1, 0.15) is 12.2 Å². The van der Waals surface area contributed by atoms with Gasteiger partial charge in [0.05, 0.1) is 11.4 Å². The third kappa shape index (κ3) is 3.22. The van der Waals surface area contributed by atoms with Gasteiger partial charge in [-0.05, 0) is 44.5 Å². The van der Waals surface area contributed by atoms with Crippen molar-refractivity contribution < 1.29 is 9.90 Å². The number of imidazole rings is 1. The topological polar surface area (TPSA) is 75.7 Å². The standard InChI is InChI=1S/C19H23N5O2/c1-14-17(23-10-3-2-6-18(23)21-14)12-22-9-4-5-15(11-22)16-7-8-20-24(16)13-19(25)26/h2-3,6-8,10,15H,4-5,9,11-13H2,1H3,(H,25,26)/t15-/m1/s1. The fourth-order valence-electron chi connectivity index (χ4n) is 3.96. The number of carboxylic acid groups (broad SMARTS) is 1. The van der Waals surface area contributed by atoms with Gasteiger partial charge in [0, 0.05) is 37.1 Å². The van der Waals surface area contributed by atoms with Crippen molar-refractivity contribution in [2.24, 2.45) is 0 Å². The van der Waals surface area contributed by atoms with Crippen LogP contribution < -0.4 is 0 Å². The minimum Gasteiger partial charge on any atom is -0.480 e. The summed E-state index contributed by atoms with van der Waals surface area (Å²) >= 11 is 0. The summed E-state index contributed by atoms with van der Waals surface area (Å²) in [5, 5.41) is 13.3. The molecule has 0 spiro atoms. The van der Waals surface area contributed by atoms with Crippen molar-refractivity contribution in [3.05, 3.63) is 53.7 Å². The molecule has 7 nitrogen and oxygen atoms in total. The lowest BCUT2D eigenvalue weighted by Gasteiger charge is -2.32. The van der Waals surface area contributed by atoms with Crippen LogP contribution in [0.5, 0.6) is 0 Å². The molecule has 0 radical (unpaired) electrons. The van der Waals surface area contributed by atoms with Crippen LogP contribution >= 0.6 is 0 Å². The second-order valence-electron chi connectivity index (χ2n) is 6.95. The summed E-state index contributed by atoms with van der Waals surface area (Å²) < 4.78 is 3.78. The second kappa shape index (κ2) is 6.92. The zero-order valence-corrected chi connectivity index (χ0v) is 14.9. The minimum absolute atomic E-state index is 0.0782. The molecule has 4 heterocycles. The van der Waals surface area contributed by atoms with Crippen molar-refractivity contribution in [1.29, 1.82) is 0 Å². The van der Waals surface area contributed by atoms with E-state index in [1.165, 1.54) is 5.69 Å². The van der Waals surface area contributed by atoms with E-state index in [9.17, 15) is 4.79 Å². The molecular formula is C19H23N5O2. The highest BCUT2D eigenvalue weighted by Crippen LogP contribution is 2.28. The molecule has 1 aliphatic heterocycles. The number of piperidine rings is 1. The average molecular weight is 353 g/mol. The Balaban J connectivity index is 1.53. The number of aryl methyl sites for hydroxylation is 1. The first-order valence-electron chi connectivity index (χ1n) is 9.00. The van der Waals surface area contributed by atoms with Crippen molar-refractivity contribution in [3.8, 4) is 0 Å². The van der Waals surface area contributed by atoms with Gasteiger partial charge in [0.15, 0.2) is 0 Å². The highest BCUT2D eigenvalue weighted by Gasteiger charge is 2.25. The van der Waals surface area contributed by atoms with Gasteiger partial charge >= 0.3 is 5.97 Å². The molecule has 1 aliphatic rings. The highest BCUT2D eigenvalue weighted by atomic mass is 16.4. The van der Waals surface area contributed by atoms with Crippen LogP contribution in [0.4, 0.5) is 0 Å². The summed E-state index contributed by atoms with van der Waals surface area (Å²) in [7, 11) is 0. The van der Waals surface area contributed by atoms with Crippen molar-refractivity contribution in [1.82, 2.24) is 24.1 Å². The quantitative estimate of drug-likeness (QED) is 0.762. The zero-order valence-electron chi connectivity index (χ0n) is 14.9. The Labute approximate surface area is 151 Å². The number of carboxylic acids is 1. The predicted molar refractivity (Wildman–Crippen MR) is 97.0 cm³/mol. The van der Waals surface area contributed by atoms with Gasteiger partial charge in [-0.2, -0.15) is 5.10 Å². The summed E-state index contributed by atoms with van der Waals surface area (Å²) in [6.45, 7) is 4.78. The Hall–Kier alpha value is -2.67. The van der Waals surface area contributed by atoms with Crippen molar-refractivity contribution in [2.75, 3.05) is 13.1 Å². The Morgan fingerprint density at radius 2 is 2.23 bits per heavy atom. The van der Waals surface area contributed by atoms with Crippen LogP contribution in [0.2, 0.25) is 0 Å². The monoisotopic (exact) mass is 353 g/mol. The number of likely N-dealkylation sites (tertiary alicyclic amines) is 1. The van der Waals surface area contributed by atoms with Crippen LogP contribution in [0.25, 0.3) is 5.65 Å². The molecule has 4 rings (SSSR count). The number of carbonyl (C=O) groups is 1. The summed E-state index contributed by atoms with van der Waals surface area (Å²) in [6.07, 6.45) is 5.92. The number of rotatable bonds is 5. The lowest BCUT2D eigenvalue weighted by Crippen LogP contribution is -2.35. The van der Waals surface area contributed by atoms with Crippen LogP contribution in [0, 0.1) is 6.92 Å². The Bertz CT molecular complexity index is 929. The van der Waals surface area contributed by atoms with Crippen molar-refractivity contribution in [3.63, 3.8) is 0 Å². The molecule has 3 aromatic heterocycles. The van der Waals surface area contributed by atoms with E-state index >= 15 is 0 Å². The van der Waals surface area contributed by atoms with E-state index in [0.717, 1.165) is 49.5 Å². The van der Waals surface area contributed by atoms with E-state index in [1.54, 1.807) is 10.9 Å². The molecular weight excluding hydrogens is 330 g/mol. The van der Waals surface area contributed by atoms with Crippen LogP contribution in [0.1, 0.15) is 35.8 Å². The summed E-state index contributed by atoms with van der Waals surface area (Å²) in [4.78, 5) is 18.2. The Kier molecular flexibility index (Phi) is 4.46. The van der Waals surface area contributed by atoms with E-state index in [2.05, 4.69) is 32.5 Å². The van der Waals surface area contributed by atoms with Gasteiger partial charge in [0.25, 0.3) is 0 Å². The maximum Gasteiger partial charge on any atom is 0.325 e. The molecule has 1 atom stereocenters. The number of fused-ring (bicyclic) bond motifs is 1. The van der Waals surface area contributed by atoms with E-state index in [1.807, 2.05) is 24.3 Å². The van der Waals surface area contributed by atoms with Gasteiger partial charge in [0.2, 0.25) is 0 Å². The number of nitrogens with zero attached hydrogens (tertiary/aromatic N) is 5. The molecule has 0 aromatic carbocycles. The largest absolute Gasteiger partial charge is 0.480 e. The van der Waals surface area contributed by atoms with Gasteiger partial charge < -0.3 is 9.51 Å². The number of aromatic nitrogens is 4. The lowest BCUT2D eigenvalue weighted by molar-refractivity contribution is -0.137. The number of hydrogen-bond donors (Lipinski definition) is 1. The normalized spacial score (nSPS) is 18.4. The highest BCUT2D eigenvalue weighted by molar-refractivity contribution is 5.66. The summed E-state index contributed by atoms with van der Waals surface area (Å²) in [6, 6.07) is 8.02. The molecule has 7 heteroatoms. The van der Waals surface area contributed by atoms with E-state index in [4.69, 9.17) is 5.11 Å². The molecule has 0 amide bonds. The molecule has 0 aliphatic carbocycles. The Morgan fingerprint density at radius 1 is 1.35 bits per heavy atom. The first-order valence-corrected chi connectivity index (χ1v) is 9.00. The van der Waals surface area contributed by atoms with Gasteiger partial charge in [-0.1, -0.05) is 6.07 Å². The van der Waals surface area contributed by atoms with Gasteiger partial charge in [-0.3, -0.25) is 14.4 Å². The van der Waals surface area contributed by atoms with Gasteiger partial charge in [-0.25, -0.2) is 4.98 Å². The maximum atomic E-state index is 11.1. The lowest BCUT2D eigenvalue weighted by atomic mass is 9.94. The van der Waals surface area contributed by atoms with Crippen LogP contribution in [0.3, 0.4) is 0 Å². The molecule has 0 bridgehead atoms. The van der Waals surface area contributed by atoms with E-state index < -0.39 is 5.97 Å². The zero-order chi connectivity index (χ0) is 18.1. The third-order valence-electron chi connectivity index (χ3n) is 5.16. The molecule has 136 valence electrons. The average Bonchev–Trinajstić information content (AvgIpc) is 3.19. The first kappa shape index (κ1) is 16.8. The van der Waals surface area contributed by atoms with Crippen LogP contribution in [-0.4, -0.2) is 48.2 Å². The number of pyridine rings is 1. The molecule has 1 saturated heterocycles. The van der Waals surface area contributed by atoms with Crippen LogP contribution in [-0.2, 0) is 17.9 Å².